The summed E-state index contributed by atoms with van der Waals surface area (Å²) in [6.45, 7) is 0. The third kappa shape index (κ3) is 1.98. The summed E-state index contributed by atoms with van der Waals surface area (Å²) in [5.41, 5.74) is 2.52. The lowest BCUT2D eigenvalue weighted by Gasteiger charge is -2.25. The number of aryl methyl sites for hydroxylation is 1. The number of halogens is 1. The van der Waals surface area contributed by atoms with Crippen molar-refractivity contribution in [2.24, 2.45) is 5.84 Å². The molecule has 1 aromatic carbocycles. The summed E-state index contributed by atoms with van der Waals surface area (Å²) in [5, 5.41) is 1.02. The van der Waals surface area contributed by atoms with Gasteiger partial charge in [-0.15, -0.1) is 0 Å². The Labute approximate surface area is 109 Å². The number of anilines is 1. The van der Waals surface area contributed by atoms with Crippen molar-refractivity contribution in [1.82, 2.24) is 4.98 Å². The Bertz CT molecular complexity index is 643. The molecule has 0 unspecified atom stereocenters. The van der Waals surface area contributed by atoms with Gasteiger partial charge >= 0.3 is 0 Å². The molecule has 0 radical (unpaired) electrons. The molecule has 1 amide bonds. The number of pyridine rings is 1. The van der Waals surface area contributed by atoms with E-state index in [1.807, 2.05) is 0 Å². The summed E-state index contributed by atoms with van der Waals surface area (Å²) in [6.07, 6.45) is 4.18. The van der Waals surface area contributed by atoms with E-state index in [4.69, 9.17) is 5.84 Å². The number of carbonyl (C=O) groups is 1. The van der Waals surface area contributed by atoms with Gasteiger partial charge in [-0.3, -0.25) is 9.78 Å². The number of aromatic nitrogens is 1. The van der Waals surface area contributed by atoms with Crippen LogP contribution in [0.5, 0.6) is 0 Å². The van der Waals surface area contributed by atoms with Crippen molar-refractivity contribution in [1.29, 1.82) is 0 Å². The van der Waals surface area contributed by atoms with Gasteiger partial charge in [0.25, 0.3) is 0 Å². The minimum absolute atomic E-state index is 0.193. The van der Waals surface area contributed by atoms with E-state index in [-0.39, 0.29) is 5.91 Å². The second-order valence-electron chi connectivity index (χ2n) is 4.47. The van der Waals surface area contributed by atoms with Crippen LogP contribution in [-0.4, -0.2) is 10.9 Å². The van der Waals surface area contributed by atoms with E-state index in [9.17, 15) is 9.18 Å². The molecule has 96 valence electrons. The lowest BCUT2D eigenvalue weighted by Crippen LogP contribution is -2.40. The van der Waals surface area contributed by atoms with Gasteiger partial charge in [-0.1, -0.05) is 6.07 Å². The van der Waals surface area contributed by atoms with Crippen LogP contribution in [0, 0.1) is 5.82 Å². The topological polar surface area (TPSA) is 59.2 Å². The van der Waals surface area contributed by atoms with Gasteiger partial charge in [0.1, 0.15) is 5.82 Å². The van der Waals surface area contributed by atoms with Crippen molar-refractivity contribution in [3.05, 3.63) is 48.0 Å². The zero-order valence-corrected chi connectivity index (χ0v) is 10.1. The fourth-order valence-electron chi connectivity index (χ4n) is 2.27. The minimum atomic E-state index is -0.406. The largest absolute Gasteiger partial charge is 0.273 e. The van der Waals surface area contributed by atoms with E-state index in [1.165, 1.54) is 6.07 Å². The van der Waals surface area contributed by atoms with Crippen LogP contribution < -0.4 is 10.9 Å². The highest BCUT2D eigenvalue weighted by Crippen LogP contribution is 2.32. The maximum Gasteiger partial charge on any atom is 0.241 e. The van der Waals surface area contributed by atoms with Crippen LogP contribution >= 0.6 is 0 Å². The number of carbonyl (C=O) groups excluding carboxylic acids is 1. The first-order chi connectivity index (χ1) is 9.16. The fraction of sp³-hybridized carbons (Fsp3) is 0.143. The molecule has 0 saturated heterocycles. The first kappa shape index (κ1) is 11.8. The third-order valence-electron chi connectivity index (χ3n) is 3.28. The normalized spacial score (nSPS) is 14.4. The Morgan fingerprint density at radius 3 is 2.89 bits per heavy atom. The predicted molar refractivity (Wildman–Crippen MR) is 69.6 cm³/mol. The molecule has 0 fully saturated rings. The molecule has 19 heavy (non-hydrogen) atoms. The highest BCUT2D eigenvalue weighted by molar-refractivity contribution is 5.95. The summed E-state index contributed by atoms with van der Waals surface area (Å²) in [6, 6.07) is 6.61. The number of nitrogens with zero attached hydrogens (tertiary/aromatic N) is 2. The average Bonchev–Trinajstić information content (AvgIpc) is 2.44. The van der Waals surface area contributed by atoms with Crippen molar-refractivity contribution in [2.45, 2.75) is 12.8 Å². The lowest BCUT2D eigenvalue weighted by molar-refractivity contribution is -0.119. The van der Waals surface area contributed by atoms with Gasteiger partial charge in [-0.05, 0) is 24.1 Å². The highest BCUT2D eigenvalue weighted by Gasteiger charge is 2.23. The summed E-state index contributed by atoms with van der Waals surface area (Å²) in [4.78, 5) is 15.5. The molecule has 0 atom stereocenters. The number of hydrogen-bond donors (Lipinski definition) is 1. The first-order valence-electron chi connectivity index (χ1n) is 5.97. The Hall–Kier alpha value is -2.27. The second-order valence-corrected chi connectivity index (χ2v) is 4.47. The van der Waals surface area contributed by atoms with Gasteiger partial charge in [0.05, 0.1) is 5.69 Å². The molecular weight excluding hydrogens is 245 g/mol. The standard InChI is InChI=1S/C14H12FN3O/c15-12-7-13-9(3-4-14(19)18(13)16)6-11(12)10-2-1-5-17-8-10/h1-2,5-8H,3-4,16H2. The monoisotopic (exact) mass is 257 g/mol. The zero-order valence-electron chi connectivity index (χ0n) is 10.1. The van der Waals surface area contributed by atoms with Crippen LogP contribution in [0.1, 0.15) is 12.0 Å². The summed E-state index contributed by atoms with van der Waals surface area (Å²) < 4.78 is 14.1. The molecule has 1 aliphatic heterocycles. The van der Waals surface area contributed by atoms with E-state index in [0.717, 1.165) is 10.6 Å². The van der Waals surface area contributed by atoms with Crippen molar-refractivity contribution in [3.8, 4) is 11.1 Å². The van der Waals surface area contributed by atoms with E-state index < -0.39 is 5.82 Å². The molecule has 4 nitrogen and oxygen atoms in total. The molecular formula is C14H12FN3O. The van der Waals surface area contributed by atoms with E-state index in [2.05, 4.69) is 4.98 Å². The Morgan fingerprint density at radius 2 is 2.16 bits per heavy atom. The average molecular weight is 257 g/mol. The summed E-state index contributed by atoms with van der Waals surface area (Å²) in [7, 11) is 0. The van der Waals surface area contributed by atoms with Gasteiger partial charge in [0.15, 0.2) is 0 Å². The van der Waals surface area contributed by atoms with E-state index >= 15 is 0 Å². The predicted octanol–water partition coefficient (Wildman–Crippen LogP) is 2.04. The Morgan fingerprint density at radius 1 is 1.32 bits per heavy atom. The quantitative estimate of drug-likeness (QED) is 0.628. The number of rotatable bonds is 1. The molecule has 0 saturated carbocycles. The molecule has 0 spiro atoms. The molecule has 3 rings (SSSR count). The summed E-state index contributed by atoms with van der Waals surface area (Å²) >= 11 is 0. The molecule has 5 heteroatoms. The fourth-order valence-corrected chi connectivity index (χ4v) is 2.27. The zero-order chi connectivity index (χ0) is 13.4. The second kappa shape index (κ2) is 4.44. The van der Waals surface area contributed by atoms with Crippen LogP contribution in [0.3, 0.4) is 0 Å². The van der Waals surface area contributed by atoms with Crippen molar-refractivity contribution in [2.75, 3.05) is 5.01 Å². The van der Waals surface area contributed by atoms with Crippen molar-refractivity contribution in [3.63, 3.8) is 0 Å². The van der Waals surface area contributed by atoms with Gasteiger partial charge in [-0.25, -0.2) is 15.2 Å². The van der Waals surface area contributed by atoms with Crippen LogP contribution in [0.4, 0.5) is 10.1 Å². The molecule has 0 bridgehead atoms. The van der Waals surface area contributed by atoms with Crippen LogP contribution in [0.15, 0.2) is 36.7 Å². The maximum absolute atomic E-state index is 14.1. The van der Waals surface area contributed by atoms with Crippen molar-refractivity contribution < 1.29 is 9.18 Å². The molecule has 1 aromatic heterocycles. The van der Waals surface area contributed by atoms with Crippen LogP contribution in [0.25, 0.3) is 11.1 Å². The van der Waals surface area contributed by atoms with Crippen LogP contribution in [0.2, 0.25) is 0 Å². The molecule has 1 aliphatic rings. The van der Waals surface area contributed by atoms with Gasteiger partial charge in [-0.2, -0.15) is 0 Å². The Balaban J connectivity index is 2.13. The van der Waals surface area contributed by atoms with Gasteiger partial charge in [0.2, 0.25) is 5.91 Å². The molecule has 2 aromatic rings. The van der Waals surface area contributed by atoms with Crippen molar-refractivity contribution >= 4 is 11.6 Å². The molecule has 2 heterocycles. The number of amides is 1. The molecule has 0 aliphatic carbocycles. The van der Waals surface area contributed by atoms with Gasteiger partial charge in [0, 0.05) is 36.0 Å². The third-order valence-corrected chi connectivity index (χ3v) is 3.28. The number of hydrogen-bond acceptors (Lipinski definition) is 3. The lowest BCUT2D eigenvalue weighted by atomic mass is 9.97. The number of benzene rings is 1. The summed E-state index contributed by atoms with van der Waals surface area (Å²) in [5.74, 6) is 5.05. The minimum Gasteiger partial charge on any atom is -0.273 e. The Kier molecular flexibility index (Phi) is 2.76. The SMILES string of the molecule is NN1C(=O)CCc2cc(-c3cccnc3)c(F)cc21. The van der Waals surface area contributed by atoms with E-state index in [0.29, 0.717) is 29.7 Å². The number of fused-ring (bicyclic) bond motifs is 1. The van der Waals surface area contributed by atoms with Crippen LogP contribution in [-0.2, 0) is 11.2 Å². The smallest absolute Gasteiger partial charge is 0.241 e. The molecule has 2 N–H and O–H groups in total. The highest BCUT2D eigenvalue weighted by atomic mass is 19.1. The maximum atomic E-state index is 14.1. The first-order valence-corrected chi connectivity index (χ1v) is 5.97. The number of nitrogens with two attached hydrogens (primary N) is 1. The number of hydrazine groups is 1. The van der Waals surface area contributed by atoms with E-state index in [1.54, 1.807) is 30.6 Å². The van der Waals surface area contributed by atoms with Gasteiger partial charge < -0.3 is 0 Å².